The number of benzene rings is 2. The van der Waals surface area contributed by atoms with Gasteiger partial charge in [0, 0.05) is 5.56 Å². The molecule has 116 valence electrons. The van der Waals surface area contributed by atoms with E-state index >= 15 is 0 Å². The summed E-state index contributed by atoms with van der Waals surface area (Å²) in [5.74, 6) is 1.49. The summed E-state index contributed by atoms with van der Waals surface area (Å²) >= 11 is 0. The molecule has 0 saturated heterocycles. The van der Waals surface area contributed by atoms with Gasteiger partial charge in [0.2, 0.25) is 0 Å². The minimum atomic E-state index is -0.0925. The lowest BCUT2D eigenvalue weighted by molar-refractivity contribution is 0.411. The van der Waals surface area contributed by atoms with Crippen molar-refractivity contribution in [2.45, 2.75) is 13.8 Å². The van der Waals surface area contributed by atoms with Crippen LogP contribution >= 0.6 is 0 Å². The summed E-state index contributed by atoms with van der Waals surface area (Å²) in [4.78, 5) is 12.4. The maximum absolute atomic E-state index is 12.4. The van der Waals surface area contributed by atoms with Gasteiger partial charge in [0.05, 0.1) is 5.56 Å². The Morgan fingerprint density at radius 2 is 1.78 bits per heavy atom. The highest BCUT2D eigenvalue weighted by molar-refractivity contribution is 5.67. The maximum atomic E-state index is 12.4. The van der Waals surface area contributed by atoms with E-state index in [4.69, 9.17) is 9.15 Å². The van der Waals surface area contributed by atoms with Gasteiger partial charge in [-0.25, -0.2) is 0 Å². The van der Waals surface area contributed by atoms with Gasteiger partial charge in [0.25, 0.3) is 0 Å². The average molecular weight is 308 g/mol. The molecule has 1 heterocycles. The van der Waals surface area contributed by atoms with E-state index in [1.807, 2.05) is 18.2 Å². The normalized spacial score (nSPS) is 10.5. The maximum Gasteiger partial charge on any atom is 0.195 e. The zero-order chi connectivity index (χ0) is 16.4. The van der Waals surface area contributed by atoms with Crippen molar-refractivity contribution in [3.63, 3.8) is 0 Å². The third kappa shape index (κ3) is 2.97. The fraction of sp³-hybridized carbons (Fsp3) is 0.105. The van der Waals surface area contributed by atoms with Gasteiger partial charge in [-0.05, 0) is 43.7 Å². The van der Waals surface area contributed by atoms with E-state index in [9.17, 15) is 9.90 Å². The second kappa shape index (κ2) is 6.01. The predicted molar refractivity (Wildman–Crippen MR) is 88.1 cm³/mol. The lowest BCUT2D eigenvalue weighted by atomic mass is 10.0. The van der Waals surface area contributed by atoms with E-state index in [0.29, 0.717) is 28.2 Å². The van der Waals surface area contributed by atoms with Gasteiger partial charge in [0.15, 0.2) is 16.9 Å². The summed E-state index contributed by atoms with van der Waals surface area (Å²) in [6.45, 7) is 3.48. The van der Waals surface area contributed by atoms with Crippen molar-refractivity contribution in [3.05, 3.63) is 76.3 Å². The van der Waals surface area contributed by atoms with Crippen LogP contribution in [-0.2, 0) is 0 Å². The molecule has 0 saturated carbocycles. The Labute approximate surface area is 133 Å². The molecule has 3 aromatic rings. The van der Waals surface area contributed by atoms with Crippen molar-refractivity contribution in [1.29, 1.82) is 0 Å². The lowest BCUT2D eigenvalue weighted by Crippen LogP contribution is -2.09. The van der Waals surface area contributed by atoms with Crippen LogP contribution in [0.2, 0.25) is 0 Å². The van der Waals surface area contributed by atoms with E-state index in [1.165, 1.54) is 12.3 Å². The Hall–Kier alpha value is -3.01. The number of rotatable bonds is 3. The molecule has 23 heavy (non-hydrogen) atoms. The van der Waals surface area contributed by atoms with Crippen molar-refractivity contribution in [3.8, 4) is 28.4 Å². The molecule has 0 radical (unpaired) electrons. The van der Waals surface area contributed by atoms with Crippen LogP contribution < -0.4 is 10.2 Å². The minimum Gasteiger partial charge on any atom is -0.504 e. The van der Waals surface area contributed by atoms with Crippen LogP contribution in [0.15, 0.2) is 64.0 Å². The number of hydrogen-bond donors (Lipinski definition) is 1. The zero-order valence-corrected chi connectivity index (χ0v) is 12.9. The van der Waals surface area contributed by atoms with Crippen molar-refractivity contribution < 1.29 is 14.3 Å². The summed E-state index contributed by atoms with van der Waals surface area (Å²) in [5.41, 5.74) is 1.54. The molecule has 0 atom stereocenters. The van der Waals surface area contributed by atoms with Gasteiger partial charge in [-0.15, -0.1) is 0 Å². The van der Waals surface area contributed by atoms with Crippen LogP contribution in [0, 0.1) is 13.8 Å². The molecule has 0 aliphatic carbocycles. The fourth-order valence-corrected chi connectivity index (χ4v) is 2.23. The number of phenols is 1. The summed E-state index contributed by atoms with van der Waals surface area (Å²) in [7, 11) is 0. The van der Waals surface area contributed by atoms with Crippen LogP contribution in [0.1, 0.15) is 11.3 Å². The van der Waals surface area contributed by atoms with Gasteiger partial charge in [-0.3, -0.25) is 4.79 Å². The SMILES string of the molecule is Cc1occ(-c2ccc(O)c(Oc3ccccc3)c2)c(=O)c1C. The third-order valence-electron chi connectivity index (χ3n) is 3.71. The largest absolute Gasteiger partial charge is 0.504 e. The van der Waals surface area contributed by atoms with Crippen LogP contribution in [0.5, 0.6) is 17.2 Å². The molecule has 3 rings (SSSR count). The lowest BCUT2D eigenvalue weighted by Gasteiger charge is -2.10. The van der Waals surface area contributed by atoms with E-state index in [-0.39, 0.29) is 16.9 Å². The Balaban J connectivity index is 2.04. The van der Waals surface area contributed by atoms with Crippen LogP contribution in [0.25, 0.3) is 11.1 Å². The molecule has 0 amide bonds. The summed E-state index contributed by atoms with van der Waals surface area (Å²) in [6.07, 6.45) is 1.43. The zero-order valence-electron chi connectivity index (χ0n) is 12.9. The minimum absolute atomic E-state index is 0.00539. The Morgan fingerprint density at radius 3 is 2.52 bits per heavy atom. The van der Waals surface area contributed by atoms with E-state index < -0.39 is 0 Å². The Kier molecular flexibility index (Phi) is 3.89. The molecule has 2 aromatic carbocycles. The van der Waals surface area contributed by atoms with E-state index in [1.54, 1.807) is 38.1 Å². The number of aromatic hydroxyl groups is 1. The van der Waals surface area contributed by atoms with Gasteiger partial charge >= 0.3 is 0 Å². The van der Waals surface area contributed by atoms with Gasteiger partial charge < -0.3 is 14.3 Å². The van der Waals surface area contributed by atoms with Crippen molar-refractivity contribution >= 4 is 0 Å². The molecule has 0 fully saturated rings. The van der Waals surface area contributed by atoms with Crippen LogP contribution in [0.4, 0.5) is 0 Å². The molecular weight excluding hydrogens is 292 g/mol. The first-order valence-electron chi connectivity index (χ1n) is 7.21. The van der Waals surface area contributed by atoms with Crippen molar-refractivity contribution in [1.82, 2.24) is 0 Å². The first-order chi connectivity index (χ1) is 11.1. The number of ether oxygens (including phenoxy) is 1. The Morgan fingerprint density at radius 1 is 1.04 bits per heavy atom. The number of hydrogen-bond acceptors (Lipinski definition) is 4. The number of para-hydroxylation sites is 1. The predicted octanol–water partition coefficient (Wildman–Crippen LogP) is 4.42. The van der Waals surface area contributed by atoms with Gasteiger partial charge in [0.1, 0.15) is 17.8 Å². The van der Waals surface area contributed by atoms with Gasteiger partial charge in [-0.1, -0.05) is 24.3 Å². The number of phenolic OH excluding ortho intramolecular Hbond substituents is 1. The highest BCUT2D eigenvalue weighted by Gasteiger charge is 2.12. The highest BCUT2D eigenvalue weighted by atomic mass is 16.5. The van der Waals surface area contributed by atoms with Gasteiger partial charge in [-0.2, -0.15) is 0 Å². The van der Waals surface area contributed by atoms with Crippen molar-refractivity contribution in [2.75, 3.05) is 0 Å². The molecule has 1 N–H and O–H groups in total. The fourth-order valence-electron chi connectivity index (χ4n) is 2.23. The van der Waals surface area contributed by atoms with Crippen LogP contribution in [-0.4, -0.2) is 5.11 Å². The molecular formula is C19H16O4. The van der Waals surface area contributed by atoms with E-state index in [0.717, 1.165) is 0 Å². The highest BCUT2D eigenvalue weighted by Crippen LogP contribution is 2.34. The first-order valence-corrected chi connectivity index (χ1v) is 7.21. The first kappa shape index (κ1) is 14.9. The summed E-state index contributed by atoms with van der Waals surface area (Å²) < 4.78 is 11.1. The second-order valence-electron chi connectivity index (χ2n) is 5.26. The van der Waals surface area contributed by atoms with E-state index in [2.05, 4.69) is 0 Å². The molecule has 0 spiro atoms. The molecule has 4 nitrogen and oxygen atoms in total. The van der Waals surface area contributed by atoms with Crippen molar-refractivity contribution in [2.24, 2.45) is 0 Å². The summed E-state index contributed by atoms with van der Waals surface area (Å²) in [6, 6.07) is 13.9. The number of aryl methyl sites for hydroxylation is 1. The average Bonchev–Trinajstić information content (AvgIpc) is 2.56. The third-order valence-corrected chi connectivity index (χ3v) is 3.71. The van der Waals surface area contributed by atoms with Crippen LogP contribution in [0.3, 0.4) is 0 Å². The molecule has 0 unspecified atom stereocenters. The monoisotopic (exact) mass is 308 g/mol. The topological polar surface area (TPSA) is 59.7 Å². The quantitative estimate of drug-likeness (QED) is 0.778. The molecule has 0 aliphatic rings. The Bertz CT molecular complexity index is 895. The summed E-state index contributed by atoms with van der Waals surface area (Å²) in [5, 5.41) is 9.98. The molecule has 1 aromatic heterocycles. The molecule has 0 bridgehead atoms. The smallest absolute Gasteiger partial charge is 0.195 e. The second-order valence-corrected chi connectivity index (χ2v) is 5.26. The molecule has 0 aliphatic heterocycles. The molecule has 4 heteroatoms. The standard InChI is InChI=1S/C19H16O4/c1-12-13(2)22-11-16(19(12)21)14-8-9-17(20)18(10-14)23-15-6-4-3-5-7-15/h3-11,20H,1-2H3.